The summed E-state index contributed by atoms with van der Waals surface area (Å²) in [6.07, 6.45) is 2.03. The maximum Gasteiger partial charge on any atom is 0.265 e. The van der Waals surface area contributed by atoms with Crippen molar-refractivity contribution in [3.05, 3.63) is 65.4 Å². The Morgan fingerprint density at radius 3 is 2.50 bits per heavy atom. The van der Waals surface area contributed by atoms with Crippen molar-refractivity contribution < 1.29 is 22.4 Å². The monoisotopic (exact) mass is 485 g/mol. The van der Waals surface area contributed by atoms with Gasteiger partial charge in [-0.1, -0.05) is 0 Å². The van der Waals surface area contributed by atoms with E-state index in [1.54, 1.807) is 33.3 Å². The van der Waals surface area contributed by atoms with Gasteiger partial charge < -0.3 is 9.15 Å². The van der Waals surface area contributed by atoms with Gasteiger partial charge in [0.05, 0.1) is 30.5 Å². The number of carbonyl (C=O) groups excluding carboxylic acids is 1. The van der Waals surface area contributed by atoms with Gasteiger partial charge in [-0.25, -0.2) is 17.7 Å². The van der Waals surface area contributed by atoms with Gasteiger partial charge in [-0.05, 0) is 55.8 Å². The van der Waals surface area contributed by atoms with E-state index >= 15 is 0 Å². The lowest BCUT2D eigenvalue weighted by molar-refractivity contribution is -0.134. The summed E-state index contributed by atoms with van der Waals surface area (Å²) in [6.45, 7) is 3.10. The third kappa shape index (κ3) is 4.24. The fourth-order valence-electron chi connectivity index (χ4n) is 3.99. The number of ether oxygens (including phenoxy) is 1. The Bertz CT molecular complexity index is 1320. The fraction of sp³-hybridized carbons (Fsp3) is 0.348. The van der Waals surface area contributed by atoms with E-state index < -0.39 is 16.1 Å². The lowest BCUT2D eigenvalue weighted by atomic mass is 10.0. The number of furan rings is 1. The third-order valence-electron chi connectivity index (χ3n) is 5.80. The summed E-state index contributed by atoms with van der Waals surface area (Å²) >= 11 is 0. The summed E-state index contributed by atoms with van der Waals surface area (Å²) in [5, 5.41) is 10.3. The molecule has 34 heavy (non-hydrogen) atoms. The molecule has 1 atom stereocenters. The number of carbonyl (C=O) groups is 1. The number of methoxy groups -OCH3 is 1. The molecule has 11 heteroatoms. The van der Waals surface area contributed by atoms with Crippen LogP contribution in [0.1, 0.15) is 35.2 Å². The number of aryl methyl sites for hydroxylation is 1. The minimum Gasteiger partial charge on any atom is -0.497 e. The Hall–Kier alpha value is -3.44. The van der Waals surface area contributed by atoms with Crippen LogP contribution in [0.25, 0.3) is 0 Å². The van der Waals surface area contributed by atoms with Crippen molar-refractivity contribution in [1.29, 1.82) is 0 Å². The van der Waals surface area contributed by atoms with Crippen LogP contribution in [0.3, 0.4) is 0 Å². The molecule has 1 amide bonds. The van der Waals surface area contributed by atoms with Crippen molar-refractivity contribution in [2.24, 2.45) is 5.10 Å². The molecule has 0 bridgehead atoms. The standard InChI is InChI=1S/C23H27N5O5S/c1-15-23(34(30,31)26(3)4)16(2)27(24-15)14-22(29)28-20(21-7-6-12-33-21)13-19(25-28)17-8-10-18(32-5)11-9-17/h6-12,20H,13-14H2,1-5H3/t20-/m1/s1. The highest BCUT2D eigenvalue weighted by atomic mass is 32.2. The van der Waals surface area contributed by atoms with E-state index in [0.717, 1.165) is 21.3 Å². The molecular formula is C23H27N5O5S. The molecule has 0 unspecified atom stereocenters. The second-order valence-electron chi connectivity index (χ2n) is 8.19. The zero-order chi connectivity index (χ0) is 24.6. The van der Waals surface area contributed by atoms with E-state index in [1.165, 1.54) is 23.8 Å². The van der Waals surface area contributed by atoms with Crippen molar-refractivity contribution in [2.45, 2.75) is 37.8 Å². The lowest BCUT2D eigenvalue weighted by Gasteiger charge is -2.20. The molecule has 0 aliphatic carbocycles. The van der Waals surface area contributed by atoms with E-state index in [9.17, 15) is 13.2 Å². The molecular weight excluding hydrogens is 458 g/mol. The molecule has 180 valence electrons. The van der Waals surface area contributed by atoms with Gasteiger partial charge in [0.25, 0.3) is 5.91 Å². The van der Waals surface area contributed by atoms with E-state index in [1.807, 2.05) is 30.3 Å². The number of nitrogens with zero attached hydrogens (tertiary/aromatic N) is 5. The molecule has 0 N–H and O–H groups in total. The average molecular weight is 486 g/mol. The number of sulfonamides is 1. The van der Waals surface area contributed by atoms with Crippen molar-refractivity contribution in [3.8, 4) is 5.75 Å². The average Bonchev–Trinajstić information content (AvgIpc) is 3.53. The first-order valence-electron chi connectivity index (χ1n) is 10.7. The van der Waals surface area contributed by atoms with Gasteiger partial charge >= 0.3 is 0 Å². The van der Waals surface area contributed by atoms with Crippen LogP contribution >= 0.6 is 0 Å². The minimum absolute atomic E-state index is 0.108. The van der Waals surface area contributed by atoms with E-state index in [-0.39, 0.29) is 17.3 Å². The number of hydrazone groups is 1. The molecule has 1 aliphatic heterocycles. The van der Waals surface area contributed by atoms with Crippen molar-refractivity contribution in [1.82, 2.24) is 19.1 Å². The summed E-state index contributed by atoms with van der Waals surface area (Å²) in [5.41, 5.74) is 2.35. The number of amides is 1. The molecule has 0 spiro atoms. The van der Waals surface area contributed by atoms with Gasteiger partial charge in [0.2, 0.25) is 10.0 Å². The molecule has 0 saturated heterocycles. The summed E-state index contributed by atoms with van der Waals surface area (Å²) < 4.78 is 38.8. The van der Waals surface area contributed by atoms with Crippen LogP contribution in [-0.4, -0.2) is 60.3 Å². The van der Waals surface area contributed by atoms with Gasteiger partial charge in [0, 0.05) is 20.5 Å². The number of hydrogen-bond acceptors (Lipinski definition) is 7. The van der Waals surface area contributed by atoms with Gasteiger partial charge in [0.1, 0.15) is 29.0 Å². The first kappa shape index (κ1) is 23.7. The van der Waals surface area contributed by atoms with E-state index in [0.29, 0.717) is 23.6 Å². The van der Waals surface area contributed by atoms with Crippen LogP contribution in [0, 0.1) is 13.8 Å². The van der Waals surface area contributed by atoms with Crippen molar-refractivity contribution >= 4 is 21.6 Å². The number of rotatable bonds is 7. The summed E-state index contributed by atoms with van der Waals surface area (Å²) in [5.74, 6) is 1.01. The maximum absolute atomic E-state index is 13.4. The maximum atomic E-state index is 13.4. The number of benzene rings is 1. The Kier molecular flexibility index (Phi) is 6.32. The van der Waals surface area contributed by atoms with Crippen LogP contribution in [-0.2, 0) is 21.4 Å². The number of aromatic nitrogens is 2. The SMILES string of the molecule is COc1ccc(C2=NN(C(=O)Cn3nc(C)c(S(=O)(=O)N(C)C)c3C)[C@@H](c3ccco3)C2)cc1. The quantitative estimate of drug-likeness (QED) is 0.509. The van der Waals surface area contributed by atoms with Gasteiger partial charge in [0.15, 0.2) is 0 Å². The Morgan fingerprint density at radius 2 is 1.91 bits per heavy atom. The van der Waals surface area contributed by atoms with Crippen LogP contribution in [0.15, 0.2) is 57.1 Å². The van der Waals surface area contributed by atoms with Crippen LogP contribution < -0.4 is 4.74 Å². The molecule has 3 heterocycles. The topological polar surface area (TPSA) is 110 Å². The summed E-state index contributed by atoms with van der Waals surface area (Å²) in [6, 6.07) is 10.6. The zero-order valence-electron chi connectivity index (χ0n) is 19.7. The molecule has 4 rings (SSSR count). The molecule has 0 radical (unpaired) electrons. The summed E-state index contributed by atoms with van der Waals surface area (Å²) in [7, 11) is 0.829. The Labute approximate surface area is 198 Å². The van der Waals surface area contributed by atoms with Gasteiger partial charge in [-0.15, -0.1) is 0 Å². The molecule has 10 nitrogen and oxygen atoms in total. The highest BCUT2D eigenvalue weighted by Crippen LogP contribution is 2.34. The van der Waals surface area contributed by atoms with Crippen LogP contribution in [0.4, 0.5) is 0 Å². The van der Waals surface area contributed by atoms with Gasteiger partial charge in [-0.3, -0.25) is 9.48 Å². The van der Waals surface area contributed by atoms with Crippen LogP contribution in [0.2, 0.25) is 0 Å². The normalized spacial score (nSPS) is 16.2. The smallest absolute Gasteiger partial charge is 0.265 e. The fourth-order valence-corrected chi connectivity index (χ4v) is 5.25. The Morgan fingerprint density at radius 1 is 1.21 bits per heavy atom. The molecule has 3 aromatic rings. The molecule has 2 aromatic heterocycles. The van der Waals surface area contributed by atoms with Gasteiger partial charge in [-0.2, -0.15) is 10.2 Å². The second kappa shape index (κ2) is 9.07. The molecule has 1 aliphatic rings. The van der Waals surface area contributed by atoms with Crippen molar-refractivity contribution in [3.63, 3.8) is 0 Å². The predicted octanol–water partition coefficient (Wildman–Crippen LogP) is 2.73. The molecule has 1 aromatic carbocycles. The van der Waals surface area contributed by atoms with Crippen LogP contribution in [0.5, 0.6) is 5.75 Å². The third-order valence-corrected chi connectivity index (χ3v) is 7.87. The van der Waals surface area contributed by atoms with Crippen molar-refractivity contribution in [2.75, 3.05) is 21.2 Å². The largest absolute Gasteiger partial charge is 0.497 e. The molecule has 0 saturated carbocycles. The zero-order valence-corrected chi connectivity index (χ0v) is 20.5. The summed E-state index contributed by atoms with van der Waals surface area (Å²) in [4.78, 5) is 13.5. The highest BCUT2D eigenvalue weighted by Gasteiger charge is 2.36. The minimum atomic E-state index is -3.70. The Balaban J connectivity index is 1.65. The second-order valence-corrected chi connectivity index (χ2v) is 10.3. The molecule has 0 fully saturated rings. The van der Waals surface area contributed by atoms with E-state index in [4.69, 9.17) is 9.15 Å². The highest BCUT2D eigenvalue weighted by molar-refractivity contribution is 7.89. The predicted molar refractivity (Wildman–Crippen MR) is 125 cm³/mol. The lowest BCUT2D eigenvalue weighted by Crippen LogP contribution is -2.31. The number of hydrogen-bond donors (Lipinski definition) is 0. The van der Waals surface area contributed by atoms with E-state index in [2.05, 4.69) is 10.2 Å². The first-order chi connectivity index (χ1) is 16.1. The first-order valence-corrected chi connectivity index (χ1v) is 12.1.